The van der Waals surface area contributed by atoms with E-state index in [1.54, 1.807) is 24.3 Å². The Hall–Kier alpha value is -3.19. The molecule has 0 aliphatic carbocycles. The molecule has 7 heteroatoms. The first-order valence-electron chi connectivity index (χ1n) is 9.81. The summed E-state index contributed by atoms with van der Waals surface area (Å²) < 4.78 is 32.8. The minimum Gasteiger partial charge on any atom is -0.497 e. The molecule has 0 radical (unpaired) electrons. The van der Waals surface area contributed by atoms with Gasteiger partial charge in [0, 0.05) is 22.7 Å². The fraction of sp³-hybridized carbons (Fsp3) is 0.250. The SMILES string of the molecule is COc1cccc(S(=O)(=O)NC(=O)c2ccc(C(C)(C)C)nc2-c2ccc(C)cc2)c1. The Balaban J connectivity index is 2.04. The van der Waals surface area contributed by atoms with Crippen molar-refractivity contribution in [1.82, 2.24) is 9.71 Å². The summed E-state index contributed by atoms with van der Waals surface area (Å²) in [7, 11) is -2.65. The van der Waals surface area contributed by atoms with Gasteiger partial charge in [-0.15, -0.1) is 0 Å². The number of rotatable bonds is 5. The maximum atomic E-state index is 13.0. The lowest BCUT2D eigenvalue weighted by molar-refractivity contribution is 0.0981. The average Bonchev–Trinajstić information content (AvgIpc) is 2.73. The molecule has 0 saturated heterocycles. The molecular weight excluding hydrogens is 412 g/mol. The summed E-state index contributed by atoms with van der Waals surface area (Å²) >= 11 is 0. The number of nitrogens with zero attached hydrogens (tertiary/aromatic N) is 1. The third kappa shape index (κ3) is 5.11. The summed E-state index contributed by atoms with van der Waals surface area (Å²) in [4.78, 5) is 17.7. The molecule has 0 aliphatic heterocycles. The Morgan fingerprint density at radius 3 is 2.29 bits per heavy atom. The number of nitrogens with one attached hydrogen (secondary N) is 1. The van der Waals surface area contributed by atoms with Crippen molar-refractivity contribution in [3.63, 3.8) is 0 Å². The van der Waals surface area contributed by atoms with Gasteiger partial charge in [-0.3, -0.25) is 9.78 Å². The maximum Gasteiger partial charge on any atom is 0.267 e. The lowest BCUT2D eigenvalue weighted by atomic mass is 9.90. The van der Waals surface area contributed by atoms with Crippen LogP contribution in [-0.2, 0) is 15.4 Å². The van der Waals surface area contributed by atoms with Crippen molar-refractivity contribution in [1.29, 1.82) is 0 Å². The number of hydrogen-bond donors (Lipinski definition) is 1. The van der Waals surface area contributed by atoms with Gasteiger partial charge in [0.05, 0.1) is 23.3 Å². The van der Waals surface area contributed by atoms with Crippen LogP contribution in [0.25, 0.3) is 11.3 Å². The van der Waals surface area contributed by atoms with Crippen molar-refractivity contribution >= 4 is 15.9 Å². The number of benzene rings is 2. The first-order chi connectivity index (χ1) is 14.5. The van der Waals surface area contributed by atoms with E-state index < -0.39 is 15.9 Å². The molecule has 162 valence electrons. The second-order valence-electron chi connectivity index (χ2n) is 8.32. The zero-order chi connectivity index (χ0) is 22.8. The van der Waals surface area contributed by atoms with Crippen LogP contribution in [0.15, 0.2) is 65.6 Å². The van der Waals surface area contributed by atoms with Crippen molar-refractivity contribution in [3.8, 4) is 17.0 Å². The second kappa shape index (κ2) is 8.51. The molecule has 31 heavy (non-hydrogen) atoms. The van der Waals surface area contributed by atoms with Gasteiger partial charge in [-0.05, 0) is 31.2 Å². The average molecular weight is 439 g/mol. The monoisotopic (exact) mass is 438 g/mol. The van der Waals surface area contributed by atoms with Crippen LogP contribution in [0, 0.1) is 6.92 Å². The standard InChI is InChI=1S/C24H26N2O4S/c1-16-9-11-17(12-10-16)22-20(13-14-21(25-22)24(2,3)4)23(27)26-31(28,29)19-8-6-7-18(15-19)30-5/h6-15H,1-5H3,(H,26,27). The Kier molecular flexibility index (Phi) is 6.18. The minimum absolute atomic E-state index is 0.0589. The Labute approximate surface area is 183 Å². The van der Waals surface area contributed by atoms with Gasteiger partial charge in [0.2, 0.25) is 0 Å². The molecule has 0 fully saturated rings. The molecular formula is C24H26N2O4S. The molecule has 0 bridgehead atoms. The van der Waals surface area contributed by atoms with E-state index in [4.69, 9.17) is 9.72 Å². The van der Waals surface area contributed by atoms with E-state index >= 15 is 0 Å². The number of amides is 1. The molecule has 2 aromatic carbocycles. The normalized spacial score (nSPS) is 11.8. The molecule has 0 atom stereocenters. The summed E-state index contributed by atoms with van der Waals surface area (Å²) in [5, 5.41) is 0. The van der Waals surface area contributed by atoms with Gasteiger partial charge in [-0.1, -0.05) is 56.7 Å². The van der Waals surface area contributed by atoms with Gasteiger partial charge >= 0.3 is 0 Å². The molecule has 1 heterocycles. The molecule has 6 nitrogen and oxygen atoms in total. The second-order valence-corrected chi connectivity index (χ2v) is 10.0. The summed E-state index contributed by atoms with van der Waals surface area (Å²) in [5.74, 6) is -0.363. The highest BCUT2D eigenvalue weighted by atomic mass is 32.2. The molecule has 0 unspecified atom stereocenters. The third-order valence-corrected chi connectivity index (χ3v) is 6.14. The van der Waals surface area contributed by atoms with Crippen LogP contribution in [0.4, 0.5) is 0 Å². The highest BCUT2D eigenvalue weighted by Crippen LogP contribution is 2.28. The predicted octanol–water partition coefficient (Wildman–Crippen LogP) is 4.48. The fourth-order valence-electron chi connectivity index (χ4n) is 3.00. The zero-order valence-electron chi connectivity index (χ0n) is 18.3. The van der Waals surface area contributed by atoms with Crippen LogP contribution in [-0.4, -0.2) is 26.4 Å². The maximum absolute atomic E-state index is 13.0. The highest BCUT2D eigenvalue weighted by Gasteiger charge is 2.24. The largest absolute Gasteiger partial charge is 0.497 e. The quantitative estimate of drug-likeness (QED) is 0.635. The smallest absolute Gasteiger partial charge is 0.267 e. The molecule has 1 aromatic heterocycles. The molecule has 3 rings (SSSR count). The van der Waals surface area contributed by atoms with Crippen molar-refractivity contribution in [2.24, 2.45) is 0 Å². The van der Waals surface area contributed by atoms with Gasteiger partial charge < -0.3 is 4.74 Å². The van der Waals surface area contributed by atoms with E-state index in [0.29, 0.717) is 11.4 Å². The highest BCUT2D eigenvalue weighted by molar-refractivity contribution is 7.90. The van der Waals surface area contributed by atoms with E-state index in [1.807, 2.05) is 52.0 Å². The Morgan fingerprint density at radius 1 is 1.00 bits per heavy atom. The van der Waals surface area contributed by atoms with Gasteiger partial charge in [0.25, 0.3) is 15.9 Å². The van der Waals surface area contributed by atoms with Crippen molar-refractivity contribution in [2.45, 2.75) is 38.0 Å². The molecule has 3 aromatic rings. The van der Waals surface area contributed by atoms with E-state index in [0.717, 1.165) is 16.8 Å². The third-order valence-electron chi connectivity index (χ3n) is 4.81. The first-order valence-corrected chi connectivity index (χ1v) is 11.3. The number of ether oxygens (including phenoxy) is 1. The van der Waals surface area contributed by atoms with Crippen LogP contribution in [0.5, 0.6) is 5.75 Å². The Morgan fingerprint density at radius 2 is 1.68 bits per heavy atom. The topological polar surface area (TPSA) is 85.4 Å². The Bertz CT molecular complexity index is 1210. The summed E-state index contributed by atoms with van der Waals surface area (Å²) in [6, 6.07) is 16.9. The lowest BCUT2D eigenvalue weighted by Gasteiger charge is -2.20. The van der Waals surface area contributed by atoms with Crippen molar-refractivity contribution in [3.05, 3.63) is 77.5 Å². The number of sulfonamides is 1. The number of carbonyl (C=O) groups excluding carboxylic acids is 1. The van der Waals surface area contributed by atoms with Crippen LogP contribution >= 0.6 is 0 Å². The van der Waals surface area contributed by atoms with E-state index in [9.17, 15) is 13.2 Å². The summed E-state index contributed by atoms with van der Waals surface area (Å²) in [5.41, 5.74) is 2.99. The summed E-state index contributed by atoms with van der Waals surface area (Å²) in [6.45, 7) is 8.06. The molecule has 0 saturated carbocycles. The zero-order valence-corrected chi connectivity index (χ0v) is 19.1. The van der Waals surface area contributed by atoms with Crippen LogP contribution in [0.2, 0.25) is 0 Å². The minimum atomic E-state index is -4.09. The van der Waals surface area contributed by atoms with Gasteiger partial charge in [-0.2, -0.15) is 0 Å². The lowest BCUT2D eigenvalue weighted by Crippen LogP contribution is -2.31. The van der Waals surface area contributed by atoms with Crippen LogP contribution < -0.4 is 9.46 Å². The number of methoxy groups -OCH3 is 1. The van der Waals surface area contributed by atoms with Crippen molar-refractivity contribution in [2.75, 3.05) is 7.11 Å². The summed E-state index contributed by atoms with van der Waals surface area (Å²) in [6.07, 6.45) is 0. The van der Waals surface area contributed by atoms with Gasteiger partial charge in [0.1, 0.15) is 5.75 Å². The number of aryl methyl sites for hydroxylation is 1. The molecule has 1 amide bonds. The van der Waals surface area contributed by atoms with Crippen molar-refractivity contribution < 1.29 is 17.9 Å². The number of pyridine rings is 1. The molecule has 0 aliphatic rings. The predicted molar refractivity (Wildman–Crippen MR) is 121 cm³/mol. The van der Waals surface area contributed by atoms with E-state index in [1.165, 1.54) is 19.2 Å². The number of hydrogen-bond acceptors (Lipinski definition) is 5. The number of carbonyl (C=O) groups is 1. The molecule has 1 N–H and O–H groups in total. The van der Waals surface area contributed by atoms with E-state index in [-0.39, 0.29) is 15.9 Å². The van der Waals surface area contributed by atoms with Crippen LogP contribution in [0.1, 0.15) is 42.4 Å². The molecule has 0 spiro atoms. The first kappa shape index (κ1) is 22.5. The number of aromatic nitrogens is 1. The van der Waals surface area contributed by atoms with E-state index in [2.05, 4.69) is 4.72 Å². The van der Waals surface area contributed by atoms with Crippen LogP contribution in [0.3, 0.4) is 0 Å². The van der Waals surface area contributed by atoms with Gasteiger partial charge in [-0.25, -0.2) is 13.1 Å². The van der Waals surface area contributed by atoms with Gasteiger partial charge in [0.15, 0.2) is 0 Å². The fourth-order valence-corrected chi connectivity index (χ4v) is 4.00.